The van der Waals surface area contributed by atoms with Gasteiger partial charge in [-0.05, 0) is 61.4 Å². The highest BCUT2D eigenvalue weighted by molar-refractivity contribution is 9.10. The molecule has 0 spiro atoms. The highest BCUT2D eigenvalue weighted by atomic mass is 79.9. The number of hydrogen-bond donors (Lipinski definition) is 2. The number of benzene rings is 2. The Labute approximate surface area is 178 Å². The average molecular weight is 484 g/mol. The molecule has 0 aliphatic carbocycles. The van der Waals surface area contributed by atoms with Crippen molar-refractivity contribution in [2.75, 3.05) is 20.2 Å². The van der Waals surface area contributed by atoms with Gasteiger partial charge in [-0.2, -0.15) is 4.31 Å². The highest BCUT2D eigenvalue weighted by Crippen LogP contribution is 2.18. The summed E-state index contributed by atoms with van der Waals surface area (Å²) >= 11 is 3.23. The number of aryl methyl sites for hydroxylation is 2. The predicted octanol–water partition coefficient (Wildman–Crippen LogP) is 1.91. The van der Waals surface area contributed by atoms with Crippen molar-refractivity contribution < 1.29 is 22.7 Å². The van der Waals surface area contributed by atoms with Crippen molar-refractivity contribution in [3.8, 4) is 5.75 Å². The second kappa shape index (κ2) is 9.86. The number of ether oxygens (including phenoxy) is 1. The number of carbonyl (C=O) groups excluding carboxylic acids is 2. The molecule has 8 nitrogen and oxygen atoms in total. The van der Waals surface area contributed by atoms with Crippen molar-refractivity contribution in [2.24, 2.45) is 0 Å². The number of nitrogens with one attached hydrogen (secondary N) is 2. The van der Waals surface area contributed by atoms with Crippen LogP contribution in [0.3, 0.4) is 0 Å². The van der Waals surface area contributed by atoms with Crippen LogP contribution < -0.4 is 15.6 Å². The van der Waals surface area contributed by atoms with Crippen LogP contribution in [0.5, 0.6) is 5.75 Å². The molecule has 0 fully saturated rings. The Morgan fingerprint density at radius 2 is 1.62 bits per heavy atom. The van der Waals surface area contributed by atoms with Gasteiger partial charge in [-0.15, -0.1) is 0 Å². The zero-order valence-electron chi connectivity index (χ0n) is 16.2. The lowest BCUT2D eigenvalue weighted by atomic mass is 10.1. The van der Waals surface area contributed by atoms with Crippen LogP contribution in [-0.2, 0) is 19.6 Å². The molecular weight excluding hydrogens is 462 g/mol. The van der Waals surface area contributed by atoms with E-state index in [0.717, 1.165) is 19.9 Å². The van der Waals surface area contributed by atoms with E-state index in [0.29, 0.717) is 5.75 Å². The van der Waals surface area contributed by atoms with E-state index in [1.54, 1.807) is 18.2 Å². The summed E-state index contributed by atoms with van der Waals surface area (Å²) < 4.78 is 31.9. The lowest BCUT2D eigenvalue weighted by Gasteiger charge is -2.17. The van der Waals surface area contributed by atoms with Crippen molar-refractivity contribution in [3.63, 3.8) is 0 Å². The monoisotopic (exact) mass is 483 g/mol. The lowest BCUT2D eigenvalue weighted by molar-refractivity contribution is -0.130. The molecule has 29 heavy (non-hydrogen) atoms. The molecule has 2 aromatic carbocycles. The Hall–Kier alpha value is -2.43. The number of hydrazine groups is 1. The van der Waals surface area contributed by atoms with Crippen molar-refractivity contribution in [3.05, 3.63) is 58.1 Å². The van der Waals surface area contributed by atoms with E-state index in [-0.39, 0.29) is 11.5 Å². The number of carbonyl (C=O) groups is 2. The Kier molecular flexibility index (Phi) is 7.77. The number of amides is 2. The first-order valence-electron chi connectivity index (χ1n) is 8.59. The highest BCUT2D eigenvalue weighted by Gasteiger charge is 2.23. The molecule has 0 aromatic heterocycles. The standard InChI is InChI=1S/C19H22BrN3O5S/c1-13-4-7-16(10-14(13)2)28-12-19(25)22-21-18(24)11-23(3)29(26,27)17-8-5-15(20)6-9-17/h4-10H,11-12H2,1-3H3,(H,21,24)(H,22,25). The molecule has 0 unspecified atom stereocenters. The van der Waals surface area contributed by atoms with Gasteiger partial charge in [0.1, 0.15) is 5.75 Å². The van der Waals surface area contributed by atoms with E-state index >= 15 is 0 Å². The maximum Gasteiger partial charge on any atom is 0.276 e. The molecule has 0 bridgehead atoms. The largest absolute Gasteiger partial charge is 0.484 e. The SMILES string of the molecule is Cc1ccc(OCC(=O)NNC(=O)CN(C)S(=O)(=O)c2ccc(Br)cc2)cc1C. The normalized spacial score (nSPS) is 11.2. The van der Waals surface area contributed by atoms with Gasteiger partial charge in [-0.25, -0.2) is 8.42 Å². The molecule has 156 valence electrons. The van der Waals surface area contributed by atoms with Crippen molar-refractivity contribution in [1.82, 2.24) is 15.2 Å². The Bertz CT molecular complexity index is 993. The molecule has 2 amide bonds. The second-order valence-corrected chi connectivity index (χ2v) is 9.31. The summed E-state index contributed by atoms with van der Waals surface area (Å²) in [7, 11) is -2.55. The van der Waals surface area contributed by atoms with Crippen molar-refractivity contribution in [2.45, 2.75) is 18.7 Å². The van der Waals surface area contributed by atoms with Gasteiger partial charge in [0.25, 0.3) is 11.8 Å². The minimum absolute atomic E-state index is 0.0572. The second-order valence-electron chi connectivity index (χ2n) is 6.35. The van der Waals surface area contributed by atoms with Crippen LogP contribution in [0.1, 0.15) is 11.1 Å². The van der Waals surface area contributed by atoms with Crippen LogP contribution in [-0.4, -0.2) is 44.7 Å². The van der Waals surface area contributed by atoms with Gasteiger partial charge in [-0.1, -0.05) is 22.0 Å². The van der Waals surface area contributed by atoms with Gasteiger partial charge in [0.05, 0.1) is 11.4 Å². The van der Waals surface area contributed by atoms with Gasteiger partial charge < -0.3 is 4.74 Å². The first-order chi connectivity index (χ1) is 13.6. The zero-order chi connectivity index (χ0) is 21.6. The quantitative estimate of drug-likeness (QED) is 0.585. The topological polar surface area (TPSA) is 105 Å². The van der Waals surface area contributed by atoms with Crippen LogP contribution in [0.2, 0.25) is 0 Å². The first-order valence-corrected chi connectivity index (χ1v) is 10.8. The van der Waals surface area contributed by atoms with Crippen LogP contribution >= 0.6 is 15.9 Å². The average Bonchev–Trinajstić information content (AvgIpc) is 2.67. The van der Waals surface area contributed by atoms with Gasteiger partial charge in [0.2, 0.25) is 10.0 Å². The molecular formula is C19H22BrN3O5S. The van der Waals surface area contributed by atoms with E-state index < -0.39 is 28.4 Å². The van der Waals surface area contributed by atoms with Crippen LogP contribution in [0.4, 0.5) is 0 Å². The Balaban J connectivity index is 1.81. The minimum Gasteiger partial charge on any atom is -0.484 e. The van der Waals surface area contributed by atoms with E-state index in [4.69, 9.17) is 4.74 Å². The third-order valence-electron chi connectivity index (χ3n) is 4.08. The fourth-order valence-electron chi connectivity index (χ4n) is 2.24. The van der Waals surface area contributed by atoms with Crippen molar-refractivity contribution >= 4 is 37.8 Å². The molecule has 0 radical (unpaired) electrons. The number of rotatable bonds is 7. The molecule has 0 aliphatic heterocycles. The zero-order valence-corrected chi connectivity index (χ0v) is 18.6. The number of sulfonamides is 1. The molecule has 0 atom stereocenters. The summed E-state index contributed by atoms with van der Waals surface area (Å²) in [6, 6.07) is 11.5. The molecule has 2 N–H and O–H groups in total. The van der Waals surface area contributed by atoms with Crippen molar-refractivity contribution in [1.29, 1.82) is 0 Å². The van der Waals surface area contributed by atoms with Crippen LogP contribution in [0.15, 0.2) is 51.8 Å². The molecule has 10 heteroatoms. The number of halogens is 1. The molecule has 0 saturated heterocycles. The summed E-state index contributed by atoms with van der Waals surface area (Å²) in [4.78, 5) is 23.8. The molecule has 2 rings (SSSR count). The van der Waals surface area contributed by atoms with E-state index in [1.807, 2.05) is 26.0 Å². The number of nitrogens with zero attached hydrogens (tertiary/aromatic N) is 1. The van der Waals surface area contributed by atoms with Gasteiger partial charge >= 0.3 is 0 Å². The fraction of sp³-hybridized carbons (Fsp3) is 0.263. The third kappa shape index (κ3) is 6.55. The molecule has 0 aliphatic rings. The fourth-order valence-corrected chi connectivity index (χ4v) is 3.63. The van der Waals surface area contributed by atoms with Gasteiger partial charge in [0.15, 0.2) is 6.61 Å². The third-order valence-corrected chi connectivity index (χ3v) is 6.42. The molecule has 2 aromatic rings. The Morgan fingerprint density at radius 3 is 2.24 bits per heavy atom. The van der Waals surface area contributed by atoms with E-state index in [1.165, 1.54) is 19.2 Å². The van der Waals surface area contributed by atoms with Crippen LogP contribution in [0.25, 0.3) is 0 Å². The Morgan fingerprint density at radius 1 is 1.00 bits per heavy atom. The lowest BCUT2D eigenvalue weighted by Crippen LogP contribution is -2.48. The van der Waals surface area contributed by atoms with E-state index in [9.17, 15) is 18.0 Å². The number of likely N-dealkylation sites (N-methyl/N-ethyl adjacent to an activating group) is 1. The molecule has 0 heterocycles. The first kappa shape index (κ1) is 22.9. The maximum absolute atomic E-state index is 12.5. The molecule has 0 saturated carbocycles. The summed E-state index contributed by atoms with van der Waals surface area (Å²) in [6.45, 7) is 3.14. The van der Waals surface area contributed by atoms with E-state index in [2.05, 4.69) is 26.8 Å². The predicted molar refractivity (Wildman–Crippen MR) is 112 cm³/mol. The summed E-state index contributed by atoms with van der Waals surface area (Å²) in [5.41, 5.74) is 6.50. The maximum atomic E-state index is 12.5. The summed E-state index contributed by atoms with van der Waals surface area (Å²) in [6.07, 6.45) is 0. The summed E-state index contributed by atoms with van der Waals surface area (Å²) in [5, 5.41) is 0. The smallest absolute Gasteiger partial charge is 0.276 e. The summed E-state index contributed by atoms with van der Waals surface area (Å²) in [5.74, 6) is -0.724. The van der Waals surface area contributed by atoms with Crippen LogP contribution in [0, 0.1) is 13.8 Å². The minimum atomic E-state index is -3.83. The van der Waals surface area contributed by atoms with Gasteiger partial charge in [-0.3, -0.25) is 20.4 Å². The number of hydrogen-bond acceptors (Lipinski definition) is 5. The van der Waals surface area contributed by atoms with Gasteiger partial charge in [0, 0.05) is 11.5 Å².